The highest BCUT2D eigenvalue weighted by atomic mass is 35.5. The van der Waals surface area contributed by atoms with Crippen LogP contribution in [0.4, 0.5) is 5.69 Å². The summed E-state index contributed by atoms with van der Waals surface area (Å²) in [7, 11) is 0. The number of amides is 2. The number of nitrogens with zero attached hydrogens (tertiary/aromatic N) is 3. The second-order valence-electron chi connectivity index (χ2n) is 9.25. The number of alkyl halides is 2. The summed E-state index contributed by atoms with van der Waals surface area (Å²) in [5.41, 5.74) is 0.917. The van der Waals surface area contributed by atoms with Crippen molar-refractivity contribution in [1.82, 2.24) is 10.3 Å². The summed E-state index contributed by atoms with van der Waals surface area (Å²) in [6.07, 6.45) is 2.30. The molecule has 1 aromatic heterocycles. The summed E-state index contributed by atoms with van der Waals surface area (Å²) in [6.45, 7) is 9.80. The van der Waals surface area contributed by atoms with Crippen LogP contribution in [0.1, 0.15) is 56.2 Å². The van der Waals surface area contributed by atoms with Gasteiger partial charge in [0.05, 0.1) is 17.3 Å². The number of aromatic carboxylic acids is 1. The molecule has 4 rings (SSSR count). The van der Waals surface area contributed by atoms with Crippen LogP contribution in [0.5, 0.6) is 5.75 Å². The minimum absolute atomic E-state index is 0.00167. The molecule has 2 amide bonds. The van der Waals surface area contributed by atoms with Gasteiger partial charge in [-0.05, 0) is 49.9 Å². The number of carboxylic acid groups (broad SMARTS) is 1. The Bertz CT molecular complexity index is 1230. The van der Waals surface area contributed by atoms with Crippen molar-refractivity contribution in [3.05, 3.63) is 53.3 Å². The number of amidine groups is 1. The molecule has 2 aliphatic rings. The SMILES string of the molecule is CC1COc2ccccc2N1C(=O)C(Cl)Cl.CCc1cnc(C2=NC(C)(C(C)C)C(=O)N2)c(C(=O)O)c1. The molecule has 2 unspecified atom stereocenters. The van der Waals surface area contributed by atoms with E-state index in [1.807, 2.05) is 52.0 Å². The molecule has 2 atom stereocenters. The Morgan fingerprint density at radius 2 is 1.97 bits per heavy atom. The molecule has 0 fully saturated rings. The van der Waals surface area contributed by atoms with Crippen molar-refractivity contribution in [2.45, 2.75) is 57.5 Å². The lowest BCUT2D eigenvalue weighted by molar-refractivity contribution is -0.124. The number of aromatic nitrogens is 1. The summed E-state index contributed by atoms with van der Waals surface area (Å²) in [5.74, 6) is -0.711. The van der Waals surface area contributed by atoms with Gasteiger partial charge in [0.1, 0.15) is 23.6 Å². The number of carboxylic acids is 1. The predicted octanol–water partition coefficient (Wildman–Crippen LogP) is 4.24. The van der Waals surface area contributed by atoms with Crippen molar-refractivity contribution >= 4 is 52.5 Å². The fraction of sp³-hybridized carbons (Fsp3) is 0.423. The molecule has 198 valence electrons. The number of anilines is 1. The molecule has 2 N–H and O–H groups in total. The van der Waals surface area contributed by atoms with Gasteiger partial charge in [0.2, 0.25) is 0 Å². The first-order valence-corrected chi connectivity index (χ1v) is 12.7. The van der Waals surface area contributed by atoms with E-state index in [4.69, 9.17) is 27.9 Å². The first-order chi connectivity index (χ1) is 17.4. The van der Waals surface area contributed by atoms with Crippen molar-refractivity contribution in [1.29, 1.82) is 0 Å². The molecule has 2 aromatic rings. The van der Waals surface area contributed by atoms with Crippen molar-refractivity contribution in [3.63, 3.8) is 0 Å². The molecule has 0 saturated heterocycles. The number of pyridine rings is 1. The van der Waals surface area contributed by atoms with Gasteiger partial charge in [-0.25, -0.2) is 9.79 Å². The Labute approximate surface area is 225 Å². The second-order valence-corrected chi connectivity index (χ2v) is 10.3. The van der Waals surface area contributed by atoms with E-state index >= 15 is 0 Å². The van der Waals surface area contributed by atoms with Gasteiger partial charge in [-0.1, -0.05) is 56.1 Å². The number of ether oxygens (including phenoxy) is 1. The third-order valence-electron chi connectivity index (χ3n) is 6.44. The van der Waals surface area contributed by atoms with Crippen LogP contribution in [0, 0.1) is 5.92 Å². The zero-order valence-corrected chi connectivity index (χ0v) is 22.8. The van der Waals surface area contributed by atoms with Gasteiger partial charge in [0.15, 0.2) is 10.7 Å². The molecule has 9 nitrogen and oxygen atoms in total. The van der Waals surface area contributed by atoms with Crippen molar-refractivity contribution in [3.8, 4) is 5.75 Å². The van der Waals surface area contributed by atoms with E-state index in [9.17, 15) is 19.5 Å². The van der Waals surface area contributed by atoms with Crippen LogP contribution in [-0.4, -0.2) is 56.7 Å². The van der Waals surface area contributed by atoms with E-state index in [0.717, 1.165) is 11.3 Å². The maximum absolute atomic E-state index is 12.1. The molecular formula is C26H30Cl2N4O5. The summed E-state index contributed by atoms with van der Waals surface area (Å²) in [5, 5.41) is 12.0. The number of carbonyl (C=O) groups excluding carboxylic acids is 2. The van der Waals surface area contributed by atoms with Crippen LogP contribution in [0.25, 0.3) is 0 Å². The van der Waals surface area contributed by atoms with Gasteiger partial charge in [-0.2, -0.15) is 0 Å². The van der Waals surface area contributed by atoms with Gasteiger partial charge in [-0.3, -0.25) is 14.6 Å². The summed E-state index contributed by atoms with van der Waals surface area (Å²) in [6, 6.07) is 8.85. The third-order valence-corrected chi connectivity index (χ3v) is 6.81. The Morgan fingerprint density at radius 3 is 2.54 bits per heavy atom. The van der Waals surface area contributed by atoms with Crippen molar-refractivity contribution in [2.24, 2.45) is 10.9 Å². The van der Waals surface area contributed by atoms with E-state index in [0.29, 0.717) is 18.8 Å². The largest absolute Gasteiger partial charge is 0.489 e. The van der Waals surface area contributed by atoms with E-state index in [1.54, 1.807) is 24.1 Å². The number of rotatable bonds is 5. The van der Waals surface area contributed by atoms with Gasteiger partial charge in [-0.15, -0.1) is 0 Å². The molecule has 0 saturated carbocycles. The molecule has 0 aliphatic carbocycles. The Hall–Kier alpha value is -3.17. The third kappa shape index (κ3) is 5.88. The van der Waals surface area contributed by atoms with Crippen LogP contribution in [0.15, 0.2) is 41.5 Å². The number of hydrogen-bond donors (Lipinski definition) is 2. The van der Waals surface area contributed by atoms with Crippen molar-refractivity contribution in [2.75, 3.05) is 11.5 Å². The molecule has 0 bridgehead atoms. The smallest absolute Gasteiger partial charge is 0.338 e. The highest BCUT2D eigenvalue weighted by Gasteiger charge is 2.43. The first-order valence-electron chi connectivity index (χ1n) is 11.9. The highest BCUT2D eigenvalue weighted by Crippen LogP contribution is 2.34. The molecule has 2 aliphatic heterocycles. The van der Waals surface area contributed by atoms with E-state index in [2.05, 4.69) is 15.3 Å². The number of carbonyl (C=O) groups is 3. The Kier molecular flexibility index (Phi) is 8.81. The topological polar surface area (TPSA) is 121 Å². The standard InChI is InChI=1S/C15H19N3O3.C11H11Cl2NO2/c1-5-9-6-10(13(19)20)11(16-7-9)12-17-14(21)15(4,18-12)8(2)3;1-7-6-16-9-5-3-2-4-8(9)14(7)11(15)10(12)13/h6-8H,5H2,1-4H3,(H,19,20)(H,17,18,21);2-5,7,10H,6H2,1H3. The van der Waals surface area contributed by atoms with Gasteiger partial charge in [0, 0.05) is 6.20 Å². The van der Waals surface area contributed by atoms with E-state index in [-0.39, 0.29) is 40.9 Å². The molecule has 11 heteroatoms. The molecule has 3 heterocycles. The van der Waals surface area contributed by atoms with Crippen LogP contribution in [0.2, 0.25) is 0 Å². The van der Waals surface area contributed by atoms with Gasteiger partial charge < -0.3 is 20.1 Å². The zero-order valence-electron chi connectivity index (χ0n) is 21.3. The monoisotopic (exact) mass is 548 g/mol. The summed E-state index contributed by atoms with van der Waals surface area (Å²) >= 11 is 11.3. The number of aryl methyl sites for hydroxylation is 1. The molecular weight excluding hydrogens is 519 g/mol. The van der Waals surface area contributed by atoms with Gasteiger partial charge >= 0.3 is 5.97 Å². The lowest BCUT2D eigenvalue weighted by Gasteiger charge is -2.35. The summed E-state index contributed by atoms with van der Waals surface area (Å²) < 4.78 is 5.52. The number of benzene rings is 1. The number of hydrogen-bond acceptors (Lipinski definition) is 6. The predicted molar refractivity (Wildman–Crippen MR) is 143 cm³/mol. The fourth-order valence-corrected chi connectivity index (χ4v) is 4.05. The minimum atomic E-state index is -1.08. The summed E-state index contributed by atoms with van der Waals surface area (Å²) in [4.78, 5) is 44.5. The molecule has 37 heavy (non-hydrogen) atoms. The quantitative estimate of drug-likeness (QED) is 0.539. The van der Waals surface area contributed by atoms with Gasteiger partial charge in [0.25, 0.3) is 11.8 Å². The minimum Gasteiger partial charge on any atom is -0.489 e. The average Bonchev–Trinajstić information content (AvgIpc) is 3.18. The second kappa shape index (κ2) is 11.5. The highest BCUT2D eigenvalue weighted by molar-refractivity contribution is 6.54. The number of fused-ring (bicyclic) bond motifs is 1. The average molecular weight is 549 g/mol. The van der Waals surface area contributed by atoms with Crippen LogP contribution >= 0.6 is 23.2 Å². The first kappa shape index (κ1) is 28.4. The lowest BCUT2D eigenvalue weighted by atomic mass is 9.89. The molecule has 0 radical (unpaired) electrons. The normalized spacial score (nSPS) is 20.5. The number of halogens is 2. The van der Waals surface area contributed by atoms with Crippen LogP contribution < -0.4 is 15.0 Å². The lowest BCUT2D eigenvalue weighted by Crippen LogP contribution is -2.47. The maximum atomic E-state index is 12.1. The zero-order chi connectivity index (χ0) is 27.5. The number of nitrogens with one attached hydrogen (secondary N) is 1. The molecule has 0 spiro atoms. The van der Waals surface area contributed by atoms with Crippen LogP contribution in [0.3, 0.4) is 0 Å². The Morgan fingerprint density at radius 1 is 1.30 bits per heavy atom. The van der Waals surface area contributed by atoms with Crippen molar-refractivity contribution < 1.29 is 24.2 Å². The van der Waals surface area contributed by atoms with E-state index < -0.39 is 16.3 Å². The van der Waals surface area contributed by atoms with E-state index in [1.165, 1.54) is 0 Å². The van der Waals surface area contributed by atoms with Crippen LogP contribution in [-0.2, 0) is 16.0 Å². The number of aliphatic imine (C=N–C) groups is 1. The Balaban J connectivity index is 0.000000213. The fourth-order valence-electron chi connectivity index (χ4n) is 3.84. The maximum Gasteiger partial charge on any atom is 0.338 e. The molecule has 1 aromatic carbocycles. The number of para-hydroxylation sites is 2.